The monoisotopic (exact) mass is 498 g/mol. The fourth-order valence-corrected chi connectivity index (χ4v) is 4.42. The van der Waals surface area contributed by atoms with Gasteiger partial charge in [-0.05, 0) is 54.3 Å². The van der Waals surface area contributed by atoms with E-state index in [4.69, 9.17) is 13.6 Å². The minimum absolute atomic E-state index is 0.0528. The first-order valence-corrected chi connectivity index (χ1v) is 13.2. The Bertz CT molecular complexity index is 1230. The van der Waals surface area contributed by atoms with Gasteiger partial charge in [0.2, 0.25) is 10.0 Å². The van der Waals surface area contributed by atoms with E-state index in [9.17, 15) is 13.5 Å². The number of aryl methyl sites for hydroxylation is 2. The van der Waals surface area contributed by atoms with E-state index in [-0.39, 0.29) is 11.5 Å². The maximum Gasteiger partial charge on any atom is 0.238 e. The Hall–Kier alpha value is -2.35. The Morgan fingerprint density at radius 1 is 1.06 bits per heavy atom. The van der Waals surface area contributed by atoms with Gasteiger partial charge in [0.1, 0.15) is 0 Å². The zero-order valence-corrected chi connectivity index (χ0v) is 20.1. The molecule has 0 atom stereocenters. The Kier molecular flexibility index (Phi) is 9.31. The molecular weight excluding hydrogens is 472 g/mol. The van der Waals surface area contributed by atoms with Crippen molar-refractivity contribution < 1.29 is 21.9 Å². The number of aromatic nitrogens is 1. The zero-order chi connectivity index (χ0) is 23.9. The fourth-order valence-electron chi connectivity index (χ4n) is 3.04. The van der Waals surface area contributed by atoms with Gasteiger partial charge in [-0.3, -0.25) is 0 Å². The van der Waals surface area contributed by atoms with Crippen LogP contribution in [0.4, 0.5) is 10.8 Å². The first kappa shape index (κ1) is 25.9. The summed E-state index contributed by atoms with van der Waals surface area (Å²) in [6.07, 6.45) is 1.92. The van der Waals surface area contributed by atoms with Gasteiger partial charge < -0.3 is 10.4 Å². The maximum atomic E-state index is 11.4. The normalized spacial score (nSPS) is 11.2. The lowest BCUT2D eigenvalue weighted by Crippen LogP contribution is -2.11. The molecule has 1 aromatic heterocycles. The third-order valence-electron chi connectivity index (χ3n) is 4.52. The van der Waals surface area contributed by atoms with Crippen molar-refractivity contribution in [2.45, 2.75) is 38.2 Å². The SMILES string of the molecule is CCc1ccc(-c2nc(Nc3ccc(S(N)(=O)=O)cc3)sc2CO)cc1CC.N[SH](=O)=O. The first-order chi connectivity index (χ1) is 15.1. The molecule has 0 unspecified atom stereocenters. The third-order valence-corrected chi connectivity index (χ3v) is 6.40. The largest absolute Gasteiger partial charge is 0.391 e. The number of hydrogen-bond acceptors (Lipinski definition) is 8. The second kappa shape index (κ2) is 11.5. The number of anilines is 2. The van der Waals surface area contributed by atoms with Crippen LogP contribution in [0.2, 0.25) is 0 Å². The molecule has 0 radical (unpaired) electrons. The molecule has 0 aliphatic rings. The van der Waals surface area contributed by atoms with Gasteiger partial charge >= 0.3 is 0 Å². The van der Waals surface area contributed by atoms with Gasteiger partial charge in [-0.1, -0.05) is 37.3 Å². The van der Waals surface area contributed by atoms with Gasteiger partial charge in [0, 0.05) is 11.3 Å². The van der Waals surface area contributed by atoms with E-state index in [0.717, 1.165) is 29.0 Å². The number of thiol groups is 1. The molecule has 3 aromatic rings. The number of nitrogens with one attached hydrogen (secondary N) is 1. The van der Waals surface area contributed by atoms with Crippen LogP contribution in [0.5, 0.6) is 0 Å². The van der Waals surface area contributed by atoms with Crippen molar-refractivity contribution in [3.63, 3.8) is 0 Å². The van der Waals surface area contributed by atoms with Crippen LogP contribution >= 0.6 is 11.3 Å². The molecule has 0 bridgehead atoms. The number of aliphatic hydroxyl groups is 1. The van der Waals surface area contributed by atoms with Crippen molar-refractivity contribution in [3.8, 4) is 11.3 Å². The molecule has 0 aliphatic carbocycles. The summed E-state index contributed by atoms with van der Waals surface area (Å²) in [4.78, 5) is 5.48. The van der Waals surface area contributed by atoms with Gasteiger partial charge in [-0.2, -0.15) is 0 Å². The highest BCUT2D eigenvalue weighted by molar-refractivity contribution is 7.89. The number of thiazole rings is 1. The molecule has 3 rings (SSSR count). The standard InChI is InChI=1S/C20H23N3O3S2.H3NO2S/c1-3-13-5-6-15(11-14(13)4-2)19-18(12-24)27-20(23-19)22-16-7-9-17(10-8-16)28(21,25)26;1-4(2)3/h5-11,24H,3-4,12H2,1-2H3,(H,22,23)(H2,21,25,26);4H,(H2,1,2,3). The quantitative estimate of drug-likeness (QED) is 0.312. The van der Waals surface area contributed by atoms with Gasteiger partial charge in [-0.25, -0.2) is 32.1 Å². The number of nitrogens with two attached hydrogens (primary N) is 2. The second-order valence-electron chi connectivity index (χ2n) is 6.62. The summed E-state index contributed by atoms with van der Waals surface area (Å²) in [6.45, 7) is 4.17. The predicted octanol–water partition coefficient (Wildman–Crippen LogP) is 2.29. The minimum atomic E-state index is -3.72. The maximum absolute atomic E-state index is 11.4. The number of hydrogen-bond donors (Lipinski definition) is 5. The van der Waals surface area contributed by atoms with Crippen LogP contribution < -0.4 is 15.6 Å². The van der Waals surface area contributed by atoms with E-state index < -0.39 is 20.9 Å². The zero-order valence-electron chi connectivity index (χ0n) is 17.6. The van der Waals surface area contributed by atoms with Crippen LogP contribution in [0.25, 0.3) is 11.3 Å². The van der Waals surface area contributed by atoms with Crippen molar-refractivity contribution in [1.82, 2.24) is 4.98 Å². The van der Waals surface area contributed by atoms with E-state index in [2.05, 4.69) is 41.4 Å². The summed E-state index contributed by atoms with van der Waals surface area (Å²) in [7, 11) is -6.34. The van der Waals surface area contributed by atoms with Crippen molar-refractivity contribution in [2.24, 2.45) is 10.3 Å². The van der Waals surface area contributed by atoms with Gasteiger partial charge in [0.05, 0.1) is 22.1 Å². The molecule has 1 heterocycles. The van der Waals surface area contributed by atoms with Crippen LogP contribution in [0.15, 0.2) is 47.4 Å². The Morgan fingerprint density at radius 3 is 2.16 bits per heavy atom. The molecule has 32 heavy (non-hydrogen) atoms. The van der Waals surface area contributed by atoms with Gasteiger partial charge in [0.15, 0.2) is 16.0 Å². The van der Waals surface area contributed by atoms with Crippen LogP contribution in [0.3, 0.4) is 0 Å². The molecule has 0 spiro atoms. The topological polar surface area (TPSA) is 165 Å². The number of sulfonamides is 1. The summed E-state index contributed by atoms with van der Waals surface area (Å²) in [6, 6.07) is 12.4. The predicted molar refractivity (Wildman–Crippen MR) is 128 cm³/mol. The van der Waals surface area contributed by atoms with Crippen LogP contribution in [0.1, 0.15) is 29.9 Å². The smallest absolute Gasteiger partial charge is 0.238 e. The average molecular weight is 499 g/mol. The molecule has 6 N–H and O–H groups in total. The molecule has 12 heteroatoms. The lowest BCUT2D eigenvalue weighted by atomic mass is 9.98. The van der Waals surface area contributed by atoms with E-state index in [1.165, 1.54) is 34.6 Å². The molecule has 0 saturated carbocycles. The fraction of sp³-hybridized carbons (Fsp3) is 0.250. The molecule has 174 valence electrons. The summed E-state index contributed by atoms with van der Waals surface area (Å²) in [5, 5.41) is 22.7. The Balaban J connectivity index is 0.000000837. The summed E-state index contributed by atoms with van der Waals surface area (Å²) >= 11 is 1.37. The Labute approximate surface area is 193 Å². The van der Waals surface area contributed by atoms with E-state index in [1.54, 1.807) is 12.1 Å². The lowest BCUT2D eigenvalue weighted by Gasteiger charge is -2.08. The Morgan fingerprint density at radius 2 is 1.66 bits per heavy atom. The number of benzene rings is 2. The highest BCUT2D eigenvalue weighted by atomic mass is 32.2. The molecule has 2 aromatic carbocycles. The minimum Gasteiger partial charge on any atom is -0.391 e. The second-order valence-corrected chi connectivity index (χ2v) is 9.84. The van der Waals surface area contributed by atoms with Crippen molar-refractivity contribution >= 4 is 43.1 Å². The van der Waals surface area contributed by atoms with Crippen molar-refractivity contribution in [1.29, 1.82) is 0 Å². The van der Waals surface area contributed by atoms with Crippen molar-refractivity contribution in [3.05, 3.63) is 58.5 Å². The third kappa shape index (κ3) is 7.08. The molecule has 0 aliphatic heterocycles. The number of nitrogens with zero attached hydrogens (tertiary/aromatic N) is 1. The summed E-state index contributed by atoms with van der Waals surface area (Å²) in [5.74, 6) is 0. The molecule has 0 amide bonds. The highest BCUT2D eigenvalue weighted by Crippen LogP contribution is 2.34. The molecule has 0 saturated heterocycles. The van der Waals surface area contributed by atoms with E-state index in [0.29, 0.717) is 10.8 Å². The van der Waals surface area contributed by atoms with Crippen LogP contribution in [0, 0.1) is 0 Å². The molecule has 0 fully saturated rings. The highest BCUT2D eigenvalue weighted by Gasteiger charge is 2.14. The summed E-state index contributed by atoms with van der Waals surface area (Å²) in [5.41, 5.74) is 5.03. The van der Waals surface area contributed by atoms with Gasteiger partial charge in [0.25, 0.3) is 0 Å². The van der Waals surface area contributed by atoms with Crippen molar-refractivity contribution in [2.75, 3.05) is 5.32 Å². The first-order valence-electron chi connectivity index (χ1n) is 9.60. The lowest BCUT2D eigenvalue weighted by molar-refractivity contribution is 0.286. The number of aliphatic hydroxyl groups excluding tert-OH is 1. The average Bonchev–Trinajstić information content (AvgIpc) is 3.15. The molecular formula is C20H26N4O5S3. The van der Waals surface area contributed by atoms with Gasteiger partial charge in [-0.15, -0.1) is 0 Å². The number of rotatable bonds is 7. The van der Waals surface area contributed by atoms with Crippen LogP contribution in [-0.4, -0.2) is 26.9 Å². The van der Waals surface area contributed by atoms with E-state index >= 15 is 0 Å². The van der Waals surface area contributed by atoms with Crippen LogP contribution in [-0.2, 0) is 40.4 Å². The van der Waals surface area contributed by atoms with E-state index in [1.807, 2.05) is 6.07 Å². The molecule has 9 nitrogen and oxygen atoms in total. The number of primary sulfonamides is 1. The summed E-state index contributed by atoms with van der Waals surface area (Å²) < 4.78 is 40.4.